The Hall–Kier alpha value is -1.93. The van der Waals surface area contributed by atoms with Gasteiger partial charge in [0.2, 0.25) is 21.8 Å². The topological polar surface area (TPSA) is 95.6 Å². The van der Waals surface area contributed by atoms with Gasteiger partial charge in [-0.15, -0.1) is 0 Å². The molecule has 0 spiro atoms. The minimum atomic E-state index is -3.58. The number of nitrogens with one attached hydrogen (secondary N) is 2. The molecule has 1 aliphatic carbocycles. The maximum absolute atomic E-state index is 12.7. The second-order valence-corrected chi connectivity index (χ2v) is 8.84. The van der Waals surface area contributed by atoms with E-state index < -0.39 is 10.0 Å². The third-order valence-electron chi connectivity index (χ3n) is 4.73. The van der Waals surface area contributed by atoms with Gasteiger partial charge >= 0.3 is 0 Å². The fraction of sp³-hybridized carbons (Fsp3) is 0.556. The number of hydrogen-bond acceptors (Lipinski definition) is 4. The van der Waals surface area contributed by atoms with Crippen LogP contribution in [0.5, 0.6) is 0 Å². The van der Waals surface area contributed by atoms with E-state index in [0.29, 0.717) is 25.4 Å². The molecule has 2 aliphatic rings. The summed E-state index contributed by atoms with van der Waals surface area (Å²) >= 11 is 0. The molecule has 1 aromatic rings. The summed E-state index contributed by atoms with van der Waals surface area (Å²) < 4.78 is 26.8. The lowest BCUT2D eigenvalue weighted by atomic mass is 9.99. The Kier molecular flexibility index (Phi) is 5.93. The van der Waals surface area contributed by atoms with E-state index >= 15 is 0 Å². The molecule has 1 aromatic carbocycles. The summed E-state index contributed by atoms with van der Waals surface area (Å²) in [6.07, 6.45) is 3.62. The molecule has 0 unspecified atom stereocenters. The third kappa shape index (κ3) is 4.82. The Morgan fingerprint density at radius 3 is 2.54 bits per heavy atom. The SMILES string of the molecule is O=C(CCNC(=O)[C@H]1CCCN(S(=O)(=O)c2ccccc2)C1)NC1CC1. The Bertz CT molecular complexity index is 747. The average molecular weight is 379 g/mol. The smallest absolute Gasteiger partial charge is 0.243 e. The van der Waals surface area contributed by atoms with Gasteiger partial charge in [0.05, 0.1) is 10.8 Å². The number of hydrogen-bond donors (Lipinski definition) is 2. The van der Waals surface area contributed by atoms with Crippen LogP contribution >= 0.6 is 0 Å². The predicted octanol–water partition coefficient (Wildman–Crippen LogP) is 0.872. The van der Waals surface area contributed by atoms with Crippen LogP contribution in [0.1, 0.15) is 32.1 Å². The molecule has 0 aromatic heterocycles. The molecule has 1 atom stereocenters. The van der Waals surface area contributed by atoms with Crippen LogP contribution in [0.15, 0.2) is 35.2 Å². The molecule has 8 heteroatoms. The van der Waals surface area contributed by atoms with Gasteiger partial charge in [-0.25, -0.2) is 8.42 Å². The quantitative estimate of drug-likeness (QED) is 0.735. The van der Waals surface area contributed by atoms with E-state index in [1.807, 2.05) is 0 Å². The molecule has 2 N–H and O–H groups in total. The minimum Gasteiger partial charge on any atom is -0.355 e. The maximum atomic E-state index is 12.7. The van der Waals surface area contributed by atoms with E-state index in [1.54, 1.807) is 30.3 Å². The van der Waals surface area contributed by atoms with Crippen LogP contribution in [0.3, 0.4) is 0 Å². The van der Waals surface area contributed by atoms with E-state index in [4.69, 9.17) is 0 Å². The van der Waals surface area contributed by atoms with Crippen LogP contribution in [-0.4, -0.2) is 50.2 Å². The van der Waals surface area contributed by atoms with E-state index in [0.717, 1.165) is 12.8 Å². The lowest BCUT2D eigenvalue weighted by molar-refractivity contribution is -0.126. The zero-order valence-electron chi connectivity index (χ0n) is 14.7. The zero-order chi connectivity index (χ0) is 18.6. The molecule has 1 saturated heterocycles. The Labute approximate surface area is 154 Å². The predicted molar refractivity (Wildman–Crippen MR) is 96.7 cm³/mol. The Morgan fingerprint density at radius 2 is 1.85 bits per heavy atom. The highest BCUT2D eigenvalue weighted by atomic mass is 32.2. The molecule has 26 heavy (non-hydrogen) atoms. The largest absolute Gasteiger partial charge is 0.355 e. The molecule has 2 fully saturated rings. The first-order valence-corrected chi connectivity index (χ1v) is 10.5. The van der Waals surface area contributed by atoms with Crippen LogP contribution in [0.2, 0.25) is 0 Å². The Morgan fingerprint density at radius 1 is 1.12 bits per heavy atom. The lowest BCUT2D eigenvalue weighted by Crippen LogP contribution is -2.45. The number of sulfonamides is 1. The number of rotatable bonds is 7. The second kappa shape index (κ2) is 8.18. The van der Waals surface area contributed by atoms with Crippen molar-refractivity contribution in [2.75, 3.05) is 19.6 Å². The summed E-state index contributed by atoms with van der Waals surface area (Å²) in [5.74, 6) is -0.615. The summed E-state index contributed by atoms with van der Waals surface area (Å²) in [6.45, 7) is 0.876. The average Bonchev–Trinajstić information content (AvgIpc) is 3.46. The van der Waals surface area contributed by atoms with E-state index in [-0.39, 0.29) is 42.1 Å². The molecule has 2 amide bonds. The van der Waals surface area contributed by atoms with Gasteiger partial charge in [-0.2, -0.15) is 4.31 Å². The number of nitrogens with zero attached hydrogens (tertiary/aromatic N) is 1. The number of amides is 2. The number of benzene rings is 1. The van der Waals surface area contributed by atoms with Crippen molar-refractivity contribution >= 4 is 21.8 Å². The Balaban J connectivity index is 1.51. The van der Waals surface area contributed by atoms with Gasteiger partial charge in [0.1, 0.15) is 0 Å². The third-order valence-corrected chi connectivity index (χ3v) is 6.61. The molecular formula is C18H25N3O4S. The van der Waals surface area contributed by atoms with Crippen molar-refractivity contribution in [3.05, 3.63) is 30.3 Å². The van der Waals surface area contributed by atoms with E-state index in [1.165, 1.54) is 4.31 Å². The number of carbonyl (C=O) groups is 2. The number of piperidine rings is 1. The van der Waals surface area contributed by atoms with Gasteiger partial charge < -0.3 is 10.6 Å². The monoisotopic (exact) mass is 379 g/mol. The van der Waals surface area contributed by atoms with Gasteiger partial charge in [-0.1, -0.05) is 18.2 Å². The van der Waals surface area contributed by atoms with E-state index in [9.17, 15) is 18.0 Å². The summed E-state index contributed by atoms with van der Waals surface area (Å²) in [4.78, 5) is 24.2. The highest BCUT2D eigenvalue weighted by Crippen LogP contribution is 2.23. The molecule has 3 rings (SSSR count). The van der Waals surface area contributed by atoms with E-state index in [2.05, 4.69) is 10.6 Å². The fourth-order valence-corrected chi connectivity index (χ4v) is 4.63. The highest BCUT2D eigenvalue weighted by molar-refractivity contribution is 7.89. The fourth-order valence-electron chi connectivity index (χ4n) is 3.09. The lowest BCUT2D eigenvalue weighted by Gasteiger charge is -2.31. The van der Waals surface area contributed by atoms with Crippen molar-refractivity contribution < 1.29 is 18.0 Å². The second-order valence-electron chi connectivity index (χ2n) is 6.90. The summed E-state index contributed by atoms with van der Waals surface area (Å²) in [6, 6.07) is 8.59. The zero-order valence-corrected chi connectivity index (χ0v) is 15.5. The molecule has 0 radical (unpaired) electrons. The molecule has 1 saturated carbocycles. The van der Waals surface area contributed by atoms with Gasteiger partial charge in [0, 0.05) is 32.1 Å². The van der Waals surface area contributed by atoms with Crippen molar-refractivity contribution in [1.29, 1.82) is 0 Å². The minimum absolute atomic E-state index is 0.0512. The van der Waals surface area contributed by atoms with Gasteiger partial charge in [-0.3, -0.25) is 9.59 Å². The van der Waals surface area contributed by atoms with Crippen LogP contribution in [0.4, 0.5) is 0 Å². The van der Waals surface area contributed by atoms with Gasteiger partial charge in [0.25, 0.3) is 0 Å². The van der Waals surface area contributed by atoms with Gasteiger partial charge in [-0.05, 0) is 37.8 Å². The first kappa shape index (κ1) is 18.8. The van der Waals surface area contributed by atoms with Crippen LogP contribution < -0.4 is 10.6 Å². The van der Waals surface area contributed by atoms with Crippen molar-refractivity contribution in [1.82, 2.24) is 14.9 Å². The molecule has 7 nitrogen and oxygen atoms in total. The van der Waals surface area contributed by atoms with Crippen molar-refractivity contribution in [3.63, 3.8) is 0 Å². The molecule has 0 bridgehead atoms. The first-order chi connectivity index (χ1) is 12.5. The highest BCUT2D eigenvalue weighted by Gasteiger charge is 2.33. The summed E-state index contributed by atoms with van der Waals surface area (Å²) in [5, 5.41) is 5.64. The van der Waals surface area contributed by atoms with Gasteiger partial charge in [0.15, 0.2) is 0 Å². The normalized spacial score (nSPS) is 21.2. The van der Waals surface area contributed by atoms with Crippen LogP contribution in [-0.2, 0) is 19.6 Å². The molecular weight excluding hydrogens is 354 g/mol. The number of carbonyl (C=O) groups excluding carboxylic acids is 2. The molecule has 1 aliphatic heterocycles. The van der Waals surface area contributed by atoms with Crippen LogP contribution in [0, 0.1) is 5.92 Å². The summed E-state index contributed by atoms with van der Waals surface area (Å²) in [7, 11) is -3.58. The molecule has 142 valence electrons. The van der Waals surface area contributed by atoms with Crippen LogP contribution in [0.25, 0.3) is 0 Å². The van der Waals surface area contributed by atoms with Crippen molar-refractivity contribution in [3.8, 4) is 0 Å². The summed E-state index contributed by atoms with van der Waals surface area (Å²) in [5.41, 5.74) is 0. The molecule has 1 heterocycles. The standard InChI is InChI=1S/C18H25N3O4S/c22-17(20-15-8-9-15)10-11-19-18(23)14-5-4-12-21(13-14)26(24,25)16-6-2-1-3-7-16/h1-3,6-7,14-15H,4-5,8-13H2,(H,19,23)(H,20,22)/t14-/m0/s1. The van der Waals surface area contributed by atoms with Crippen molar-refractivity contribution in [2.45, 2.75) is 43.0 Å². The first-order valence-electron chi connectivity index (χ1n) is 9.09. The van der Waals surface area contributed by atoms with Crippen molar-refractivity contribution in [2.24, 2.45) is 5.92 Å². The maximum Gasteiger partial charge on any atom is 0.243 e.